The van der Waals surface area contributed by atoms with Crippen LogP contribution in [0, 0.1) is 0 Å². The summed E-state index contributed by atoms with van der Waals surface area (Å²) in [5.41, 5.74) is 0. The van der Waals surface area contributed by atoms with E-state index in [9.17, 15) is 8.42 Å². The molecule has 0 bridgehead atoms. The Balaban J connectivity index is 1.97. The summed E-state index contributed by atoms with van der Waals surface area (Å²) in [6.07, 6.45) is 0. The van der Waals surface area contributed by atoms with Gasteiger partial charge in [0.25, 0.3) is 0 Å². The minimum atomic E-state index is -3.51. The van der Waals surface area contributed by atoms with E-state index in [1.54, 1.807) is 19.1 Å². The highest BCUT2D eigenvalue weighted by molar-refractivity contribution is 7.97. The molecule has 0 spiro atoms. The van der Waals surface area contributed by atoms with Crippen LogP contribution < -0.4 is 4.18 Å². The summed E-state index contributed by atoms with van der Waals surface area (Å²) >= 11 is 0. The zero-order valence-electron chi connectivity index (χ0n) is 13.8. The van der Waals surface area contributed by atoms with Gasteiger partial charge in [0, 0.05) is 0 Å². The highest BCUT2D eigenvalue weighted by Gasteiger charge is 2.28. The van der Waals surface area contributed by atoms with Gasteiger partial charge in [-0.2, -0.15) is 8.42 Å². The second-order valence-electron chi connectivity index (χ2n) is 5.33. The van der Waals surface area contributed by atoms with Crippen molar-refractivity contribution in [2.24, 2.45) is 0 Å². The third-order valence-electron chi connectivity index (χ3n) is 3.59. The Bertz CT molecular complexity index is 867. The van der Waals surface area contributed by atoms with Crippen molar-refractivity contribution in [3.8, 4) is 5.75 Å². The maximum Gasteiger partial charge on any atom is 0.308 e. The van der Waals surface area contributed by atoms with Gasteiger partial charge < -0.3 is 4.18 Å². The van der Waals surface area contributed by atoms with Crippen molar-refractivity contribution in [1.29, 1.82) is 0 Å². The predicted octanol–water partition coefficient (Wildman–Crippen LogP) is 4.51. The van der Waals surface area contributed by atoms with Crippen LogP contribution in [0.3, 0.4) is 0 Å². The van der Waals surface area contributed by atoms with E-state index in [1.807, 2.05) is 48.5 Å². The SMILES string of the molecule is CCS(=O)(=O)Oc1ccc([S+](c2ccccc2)c2ccccc2)cc1. The lowest BCUT2D eigenvalue weighted by molar-refractivity contribution is 0.487. The Morgan fingerprint density at radius 2 is 1.16 bits per heavy atom. The second kappa shape index (κ2) is 7.76. The van der Waals surface area contributed by atoms with Crippen LogP contribution in [0.15, 0.2) is 99.6 Å². The summed E-state index contributed by atoms with van der Waals surface area (Å²) in [6, 6.07) is 27.9. The first-order valence-corrected chi connectivity index (χ1v) is 10.8. The van der Waals surface area contributed by atoms with Gasteiger partial charge in [-0.3, -0.25) is 0 Å². The molecule has 0 saturated carbocycles. The minimum absolute atomic E-state index is 0.0485. The highest BCUT2D eigenvalue weighted by Crippen LogP contribution is 2.32. The lowest BCUT2D eigenvalue weighted by Crippen LogP contribution is -2.11. The topological polar surface area (TPSA) is 43.4 Å². The second-order valence-corrected chi connectivity index (χ2v) is 9.22. The molecular weight excluding hydrogens is 352 g/mol. The molecule has 3 rings (SSSR count). The Hall–Kier alpha value is -2.24. The van der Waals surface area contributed by atoms with E-state index in [1.165, 1.54) is 9.79 Å². The highest BCUT2D eigenvalue weighted by atomic mass is 32.2. The number of hydrogen-bond donors (Lipinski definition) is 0. The van der Waals surface area contributed by atoms with Crippen molar-refractivity contribution >= 4 is 21.0 Å². The van der Waals surface area contributed by atoms with E-state index in [4.69, 9.17) is 4.18 Å². The number of rotatable bonds is 6. The van der Waals surface area contributed by atoms with Crippen molar-refractivity contribution in [3.63, 3.8) is 0 Å². The van der Waals surface area contributed by atoms with Crippen LogP contribution in [0.5, 0.6) is 5.75 Å². The first-order valence-electron chi connectivity index (χ1n) is 7.96. The summed E-state index contributed by atoms with van der Waals surface area (Å²) in [6.45, 7) is 1.56. The number of benzene rings is 3. The van der Waals surface area contributed by atoms with Crippen LogP contribution >= 0.6 is 0 Å². The van der Waals surface area contributed by atoms with Crippen molar-refractivity contribution in [2.75, 3.05) is 5.75 Å². The first-order chi connectivity index (χ1) is 12.1. The predicted molar refractivity (Wildman–Crippen MR) is 102 cm³/mol. The third-order valence-corrected chi connectivity index (χ3v) is 6.98. The van der Waals surface area contributed by atoms with Gasteiger partial charge in [0.05, 0.1) is 16.6 Å². The van der Waals surface area contributed by atoms with Crippen molar-refractivity contribution < 1.29 is 12.6 Å². The maximum atomic E-state index is 11.6. The van der Waals surface area contributed by atoms with E-state index in [0.717, 1.165) is 4.90 Å². The largest absolute Gasteiger partial charge is 0.382 e. The molecule has 0 radical (unpaired) electrons. The fraction of sp³-hybridized carbons (Fsp3) is 0.100. The van der Waals surface area contributed by atoms with Crippen molar-refractivity contribution in [1.82, 2.24) is 0 Å². The van der Waals surface area contributed by atoms with E-state index < -0.39 is 10.1 Å². The molecule has 3 aromatic rings. The fourth-order valence-corrected chi connectivity index (χ4v) is 4.96. The Kier molecular flexibility index (Phi) is 5.46. The maximum absolute atomic E-state index is 11.6. The summed E-state index contributed by atoms with van der Waals surface area (Å²) in [5, 5.41) is 0. The van der Waals surface area contributed by atoms with Gasteiger partial charge in [-0.05, 0) is 55.5 Å². The molecule has 3 aromatic carbocycles. The van der Waals surface area contributed by atoms with Gasteiger partial charge in [0.1, 0.15) is 5.75 Å². The van der Waals surface area contributed by atoms with Gasteiger partial charge in [-0.1, -0.05) is 36.4 Å². The average Bonchev–Trinajstić information content (AvgIpc) is 2.65. The minimum Gasteiger partial charge on any atom is -0.382 e. The van der Waals surface area contributed by atoms with Crippen LogP contribution in [0.1, 0.15) is 6.92 Å². The third kappa shape index (κ3) is 4.44. The molecule has 0 N–H and O–H groups in total. The molecule has 0 aromatic heterocycles. The molecule has 25 heavy (non-hydrogen) atoms. The van der Waals surface area contributed by atoms with Gasteiger partial charge in [-0.25, -0.2) is 0 Å². The van der Waals surface area contributed by atoms with Gasteiger partial charge >= 0.3 is 10.1 Å². The summed E-state index contributed by atoms with van der Waals surface area (Å²) in [7, 11) is -3.76. The quantitative estimate of drug-likeness (QED) is 0.473. The molecule has 0 unspecified atom stereocenters. The van der Waals surface area contributed by atoms with Crippen LogP contribution in [-0.2, 0) is 21.0 Å². The standard InChI is InChI=1S/C20H19O3S2/c1-2-25(21,22)23-17-13-15-20(16-14-17)24(18-9-5-3-6-10-18)19-11-7-4-8-12-19/h3-16H,2H2,1H3/q+1. The van der Waals surface area contributed by atoms with Gasteiger partial charge in [0.15, 0.2) is 14.7 Å². The Morgan fingerprint density at radius 3 is 1.60 bits per heavy atom. The monoisotopic (exact) mass is 371 g/mol. The molecule has 0 aliphatic rings. The van der Waals surface area contributed by atoms with E-state index in [0.29, 0.717) is 5.75 Å². The lowest BCUT2D eigenvalue weighted by atomic mass is 10.3. The fourth-order valence-electron chi connectivity index (χ4n) is 2.36. The molecule has 0 aliphatic heterocycles. The molecule has 3 nitrogen and oxygen atoms in total. The average molecular weight is 372 g/mol. The van der Waals surface area contributed by atoms with Gasteiger partial charge in [0.2, 0.25) is 0 Å². The van der Waals surface area contributed by atoms with E-state index in [2.05, 4.69) is 24.3 Å². The molecular formula is C20H19O3S2+. The molecule has 0 saturated heterocycles. The normalized spacial score (nSPS) is 11.4. The van der Waals surface area contributed by atoms with Gasteiger partial charge in [-0.15, -0.1) is 0 Å². The van der Waals surface area contributed by atoms with Crippen molar-refractivity contribution in [2.45, 2.75) is 21.6 Å². The molecule has 0 fully saturated rings. The zero-order chi connectivity index (χ0) is 17.7. The summed E-state index contributed by atoms with van der Waals surface area (Å²) in [4.78, 5) is 3.53. The van der Waals surface area contributed by atoms with Crippen molar-refractivity contribution in [3.05, 3.63) is 84.9 Å². The molecule has 128 valence electrons. The molecule has 0 atom stereocenters. The smallest absolute Gasteiger partial charge is 0.308 e. The summed E-state index contributed by atoms with van der Waals surface area (Å²) < 4.78 is 28.3. The lowest BCUT2D eigenvalue weighted by Gasteiger charge is -2.09. The first kappa shape index (κ1) is 17.6. The van der Waals surface area contributed by atoms with Crippen LogP contribution in [0.25, 0.3) is 0 Å². The summed E-state index contributed by atoms with van der Waals surface area (Å²) in [5.74, 6) is 0.294. The van der Waals surface area contributed by atoms with Crippen LogP contribution in [0.2, 0.25) is 0 Å². The number of hydrogen-bond acceptors (Lipinski definition) is 3. The Labute approximate surface area is 151 Å². The van der Waals surface area contributed by atoms with E-state index in [-0.39, 0.29) is 16.6 Å². The molecule has 0 heterocycles. The molecule has 5 heteroatoms. The molecule has 0 amide bonds. The Morgan fingerprint density at radius 1 is 0.720 bits per heavy atom. The van der Waals surface area contributed by atoms with Crippen LogP contribution in [0.4, 0.5) is 0 Å². The van der Waals surface area contributed by atoms with Crippen LogP contribution in [-0.4, -0.2) is 14.2 Å². The molecule has 0 aliphatic carbocycles. The van der Waals surface area contributed by atoms with E-state index >= 15 is 0 Å². The zero-order valence-corrected chi connectivity index (χ0v) is 15.5.